The van der Waals surface area contributed by atoms with Crippen molar-refractivity contribution in [3.8, 4) is 11.3 Å². The van der Waals surface area contributed by atoms with E-state index in [4.69, 9.17) is 5.73 Å². The Kier molecular flexibility index (Phi) is 2.33. The lowest BCUT2D eigenvalue weighted by Crippen LogP contribution is -2.14. The lowest BCUT2D eigenvalue weighted by Gasteiger charge is -1.99. The summed E-state index contributed by atoms with van der Waals surface area (Å²) in [6.07, 6.45) is 3.75. The number of nitrogens with two attached hydrogens (primary N) is 1. The van der Waals surface area contributed by atoms with Crippen LogP contribution in [-0.4, -0.2) is 25.7 Å². The van der Waals surface area contributed by atoms with Crippen molar-refractivity contribution in [2.24, 2.45) is 5.73 Å². The van der Waals surface area contributed by atoms with E-state index in [2.05, 4.69) is 15.4 Å². The van der Waals surface area contributed by atoms with Crippen molar-refractivity contribution in [3.05, 3.63) is 42.4 Å². The predicted octanol–water partition coefficient (Wildman–Crippen LogP) is 0.752. The molecule has 0 bridgehead atoms. The average Bonchev–Trinajstić information content (AvgIpc) is 2.96. The van der Waals surface area contributed by atoms with E-state index in [0.717, 1.165) is 22.5 Å². The molecule has 90 valence electrons. The summed E-state index contributed by atoms with van der Waals surface area (Å²) in [4.78, 5) is 11.1. The molecule has 0 spiro atoms. The first-order valence-electron chi connectivity index (χ1n) is 5.49. The molecule has 0 aliphatic heterocycles. The Labute approximate surface area is 102 Å². The predicted molar refractivity (Wildman–Crippen MR) is 65.7 cm³/mol. The van der Waals surface area contributed by atoms with Crippen LogP contribution in [0, 0.1) is 0 Å². The van der Waals surface area contributed by atoms with E-state index in [1.165, 1.54) is 0 Å². The van der Waals surface area contributed by atoms with Crippen LogP contribution in [0.25, 0.3) is 16.8 Å². The Balaban J connectivity index is 2.24. The normalized spacial score (nSPS) is 10.9. The van der Waals surface area contributed by atoms with Crippen molar-refractivity contribution >= 4 is 11.4 Å². The van der Waals surface area contributed by atoms with Crippen molar-refractivity contribution in [1.82, 2.24) is 19.8 Å². The van der Waals surface area contributed by atoms with Gasteiger partial charge in [-0.25, -0.2) is 0 Å². The second-order valence-corrected chi connectivity index (χ2v) is 4.00. The van der Waals surface area contributed by atoms with E-state index in [9.17, 15) is 4.79 Å². The van der Waals surface area contributed by atoms with Gasteiger partial charge in [-0.3, -0.25) is 4.79 Å². The number of primary amides is 1. The molecule has 0 saturated heterocycles. The van der Waals surface area contributed by atoms with Crippen LogP contribution in [0.3, 0.4) is 0 Å². The van der Waals surface area contributed by atoms with Crippen molar-refractivity contribution in [2.75, 3.05) is 0 Å². The molecule has 3 N–H and O–H groups in total. The maximum absolute atomic E-state index is 11.1. The van der Waals surface area contributed by atoms with Gasteiger partial charge in [0, 0.05) is 17.5 Å². The molecule has 3 aromatic rings. The van der Waals surface area contributed by atoms with E-state index in [1.807, 2.05) is 34.9 Å². The molecule has 3 heterocycles. The maximum atomic E-state index is 11.1. The number of H-pyrrole nitrogens is 1. The minimum Gasteiger partial charge on any atom is -0.369 e. The molecular weight excluding hydrogens is 230 g/mol. The maximum Gasteiger partial charge on any atom is 0.223 e. The van der Waals surface area contributed by atoms with Gasteiger partial charge in [0.2, 0.25) is 5.91 Å². The highest BCUT2D eigenvalue weighted by atomic mass is 16.1. The van der Waals surface area contributed by atoms with Gasteiger partial charge in [-0.2, -0.15) is 15.4 Å². The number of nitrogens with zero attached hydrogens (tertiary/aromatic N) is 3. The molecule has 6 heteroatoms. The Morgan fingerprint density at radius 3 is 3.06 bits per heavy atom. The lowest BCUT2D eigenvalue weighted by molar-refractivity contribution is -0.117. The van der Waals surface area contributed by atoms with E-state index in [-0.39, 0.29) is 12.3 Å². The number of carbonyl (C=O) groups excluding carboxylic acids is 1. The summed E-state index contributed by atoms with van der Waals surface area (Å²) in [6.45, 7) is 0. The molecule has 0 aromatic carbocycles. The van der Waals surface area contributed by atoms with Gasteiger partial charge in [0.1, 0.15) is 5.69 Å². The number of aromatic nitrogens is 4. The Bertz CT molecular complexity index is 698. The number of hydrogen-bond acceptors (Lipinski definition) is 3. The van der Waals surface area contributed by atoms with Crippen LogP contribution in [0.15, 0.2) is 36.7 Å². The molecule has 3 rings (SSSR count). The van der Waals surface area contributed by atoms with Crippen LogP contribution in [0.5, 0.6) is 0 Å². The fourth-order valence-electron chi connectivity index (χ4n) is 2.07. The summed E-state index contributed by atoms with van der Waals surface area (Å²) in [6, 6.07) is 7.73. The first kappa shape index (κ1) is 10.5. The number of rotatable bonds is 3. The van der Waals surface area contributed by atoms with Gasteiger partial charge >= 0.3 is 0 Å². The fraction of sp³-hybridized carbons (Fsp3) is 0.0833. The van der Waals surface area contributed by atoms with Crippen LogP contribution in [-0.2, 0) is 11.2 Å². The molecule has 0 atom stereocenters. The Hall–Kier alpha value is -2.63. The van der Waals surface area contributed by atoms with Crippen molar-refractivity contribution in [1.29, 1.82) is 0 Å². The Morgan fingerprint density at radius 2 is 2.33 bits per heavy atom. The molecule has 0 unspecified atom stereocenters. The molecule has 3 aromatic heterocycles. The third-order valence-corrected chi connectivity index (χ3v) is 2.80. The topological polar surface area (TPSA) is 89.1 Å². The van der Waals surface area contributed by atoms with Crippen LogP contribution < -0.4 is 5.73 Å². The number of nitrogens with one attached hydrogen (secondary N) is 1. The van der Waals surface area contributed by atoms with Gasteiger partial charge in [-0.1, -0.05) is 6.07 Å². The van der Waals surface area contributed by atoms with Gasteiger partial charge < -0.3 is 10.1 Å². The highest BCUT2D eigenvalue weighted by molar-refractivity contribution is 5.82. The number of hydrogen-bond donors (Lipinski definition) is 2. The summed E-state index contributed by atoms with van der Waals surface area (Å²) in [5.41, 5.74) is 8.75. The summed E-state index contributed by atoms with van der Waals surface area (Å²) in [5.74, 6) is -0.357. The highest BCUT2D eigenvalue weighted by Crippen LogP contribution is 2.26. The second-order valence-electron chi connectivity index (χ2n) is 4.00. The Morgan fingerprint density at radius 1 is 1.44 bits per heavy atom. The van der Waals surface area contributed by atoms with Gasteiger partial charge in [0.15, 0.2) is 0 Å². The molecule has 0 fully saturated rings. The minimum atomic E-state index is -0.357. The summed E-state index contributed by atoms with van der Waals surface area (Å²) in [7, 11) is 0. The molecular formula is C12H11N5O. The largest absolute Gasteiger partial charge is 0.369 e. The molecule has 6 nitrogen and oxygen atoms in total. The zero-order chi connectivity index (χ0) is 12.5. The van der Waals surface area contributed by atoms with Crippen molar-refractivity contribution in [2.45, 2.75) is 6.42 Å². The monoisotopic (exact) mass is 241 g/mol. The van der Waals surface area contributed by atoms with Crippen LogP contribution in [0.4, 0.5) is 0 Å². The zero-order valence-corrected chi connectivity index (χ0v) is 9.50. The van der Waals surface area contributed by atoms with Crippen LogP contribution in [0.1, 0.15) is 5.69 Å². The van der Waals surface area contributed by atoms with Gasteiger partial charge in [-0.05, 0) is 18.2 Å². The second kappa shape index (κ2) is 3.99. The van der Waals surface area contributed by atoms with E-state index in [1.54, 1.807) is 6.20 Å². The first-order valence-corrected chi connectivity index (χ1v) is 5.49. The van der Waals surface area contributed by atoms with Crippen LogP contribution >= 0.6 is 0 Å². The van der Waals surface area contributed by atoms with Crippen molar-refractivity contribution < 1.29 is 4.79 Å². The lowest BCUT2D eigenvalue weighted by atomic mass is 10.2. The number of aromatic amines is 1. The minimum absolute atomic E-state index is 0.197. The van der Waals surface area contributed by atoms with Gasteiger partial charge in [0.25, 0.3) is 0 Å². The molecule has 18 heavy (non-hydrogen) atoms. The molecule has 0 radical (unpaired) electrons. The number of fused-ring (bicyclic) bond motifs is 1. The molecule has 1 amide bonds. The van der Waals surface area contributed by atoms with E-state index >= 15 is 0 Å². The number of pyridine rings is 1. The molecule has 0 saturated carbocycles. The number of amides is 1. The van der Waals surface area contributed by atoms with Crippen molar-refractivity contribution in [3.63, 3.8) is 0 Å². The third kappa shape index (κ3) is 1.64. The number of carbonyl (C=O) groups is 1. The summed E-state index contributed by atoms with van der Waals surface area (Å²) >= 11 is 0. The highest BCUT2D eigenvalue weighted by Gasteiger charge is 2.13. The SMILES string of the molecule is NC(=O)Cc1cc(-c2cn[nH]n2)c2ccccn12. The summed E-state index contributed by atoms with van der Waals surface area (Å²) in [5, 5.41) is 10.4. The smallest absolute Gasteiger partial charge is 0.223 e. The molecule has 0 aliphatic rings. The molecule has 0 aliphatic carbocycles. The zero-order valence-electron chi connectivity index (χ0n) is 9.50. The van der Waals surface area contributed by atoms with E-state index in [0.29, 0.717) is 0 Å². The van der Waals surface area contributed by atoms with Gasteiger partial charge in [-0.15, -0.1) is 0 Å². The average molecular weight is 241 g/mol. The first-order chi connectivity index (χ1) is 8.75. The third-order valence-electron chi connectivity index (χ3n) is 2.80. The summed E-state index contributed by atoms with van der Waals surface area (Å²) < 4.78 is 1.94. The fourth-order valence-corrected chi connectivity index (χ4v) is 2.07. The van der Waals surface area contributed by atoms with Gasteiger partial charge in [0.05, 0.1) is 18.1 Å². The quantitative estimate of drug-likeness (QED) is 0.709. The van der Waals surface area contributed by atoms with Crippen LogP contribution in [0.2, 0.25) is 0 Å². The van der Waals surface area contributed by atoms with E-state index < -0.39 is 0 Å². The standard InChI is InChI=1S/C12H11N5O/c13-12(18)6-8-5-9(10-7-14-16-15-10)11-3-1-2-4-17(8)11/h1-5,7H,6H2,(H2,13,18)(H,14,15,16).